The number of carboxylic acids is 1. The van der Waals surface area contributed by atoms with Gasteiger partial charge in [0.15, 0.2) is 11.3 Å². The molecular weight excluding hydrogens is 273 g/mol. The molecule has 0 saturated carbocycles. The Balaban J connectivity index is 2.81. The summed E-state index contributed by atoms with van der Waals surface area (Å²) in [5.74, 6) is -1.71. The van der Waals surface area contributed by atoms with E-state index in [0.29, 0.717) is 0 Å². The highest BCUT2D eigenvalue weighted by Crippen LogP contribution is 2.32. The maximum atomic E-state index is 12.6. The molecule has 2 heterocycles. The smallest absolute Gasteiger partial charge is 0.434 e. The highest BCUT2D eigenvalue weighted by atomic mass is 35.5. The second-order valence-corrected chi connectivity index (χ2v) is 3.82. The van der Waals surface area contributed by atoms with Crippen LogP contribution >= 0.6 is 11.6 Å². The van der Waals surface area contributed by atoms with Crippen LogP contribution in [-0.2, 0) is 6.18 Å². The van der Waals surface area contributed by atoms with Crippen LogP contribution in [0.25, 0.3) is 11.0 Å². The van der Waals surface area contributed by atoms with Gasteiger partial charge >= 0.3 is 12.1 Å². The van der Waals surface area contributed by atoms with Crippen molar-refractivity contribution in [3.05, 3.63) is 34.6 Å². The quantitative estimate of drug-likeness (QED) is 0.870. The number of nitrogens with zero attached hydrogens (tertiary/aromatic N) is 2. The first-order valence-corrected chi connectivity index (χ1v) is 4.93. The van der Waals surface area contributed by atoms with Gasteiger partial charge in [0.25, 0.3) is 0 Å². The summed E-state index contributed by atoms with van der Waals surface area (Å²) in [5, 5.41) is 9.08. The summed E-state index contributed by atoms with van der Waals surface area (Å²) in [5.41, 5.74) is -2.62. The van der Waals surface area contributed by atoms with E-state index in [-0.39, 0.29) is 16.1 Å². The molecule has 4 nitrogen and oxygen atoms in total. The van der Waals surface area contributed by atoms with E-state index in [9.17, 15) is 18.0 Å². The minimum Gasteiger partial charge on any atom is -0.478 e. The van der Waals surface area contributed by atoms with E-state index >= 15 is 0 Å². The van der Waals surface area contributed by atoms with Gasteiger partial charge in [-0.1, -0.05) is 11.6 Å². The second kappa shape index (κ2) is 4.09. The minimum absolute atomic E-state index is 0.132. The van der Waals surface area contributed by atoms with Crippen molar-refractivity contribution in [1.82, 2.24) is 9.97 Å². The number of aromatic nitrogens is 2. The lowest BCUT2D eigenvalue weighted by Gasteiger charge is -2.10. The summed E-state index contributed by atoms with van der Waals surface area (Å²) in [4.78, 5) is 17.7. The van der Waals surface area contributed by atoms with E-state index < -0.39 is 23.4 Å². The summed E-state index contributed by atoms with van der Waals surface area (Å²) < 4.78 is 37.9. The van der Waals surface area contributed by atoms with Crippen molar-refractivity contribution < 1.29 is 23.1 Å². The second-order valence-electron chi connectivity index (χ2n) is 3.39. The first kappa shape index (κ1) is 12.6. The molecule has 0 saturated heterocycles. The SMILES string of the molecule is O=C(O)c1cc2cc(Cl)cnc2nc1C(F)(F)F. The van der Waals surface area contributed by atoms with Crippen molar-refractivity contribution in [3.63, 3.8) is 0 Å². The summed E-state index contributed by atoms with van der Waals surface area (Å²) in [6.07, 6.45) is -3.72. The van der Waals surface area contributed by atoms with Gasteiger partial charge in [-0.05, 0) is 12.1 Å². The molecule has 0 radical (unpaired) electrons. The third kappa shape index (κ3) is 2.21. The van der Waals surface area contributed by atoms with Crippen molar-refractivity contribution in [1.29, 1.82) is 0 Å². The monoisotopic (exact) mass is 276 g/mol. The fourth-order valence-corrected chi connectivity index (χ4v) is 1.58. The van der Waals surface area contributed by atoms with E-state index in [4.69, 9.17) is 16.7 Å². The Labute approximate surface area is 103 Å². The molecule has 1 N–H and O–H groups in total. The van der Waals surface area contributed by atoms with Crippen LogP contribution in [0.2, 0.25) is 5.02 Å². The molecule has 0 unspecified atom stereocenters. The van der Waals surface area contributed by atoms with Crippen molar-refractivity contribution in [2.75, 3.05) is 0 Å². The molecule has 0 fully saturated rings. The number of alkyl halides is 3. The fourth-order valence-electron chi connectivity index (χ4n) is 1.42. The maximum absolute atomic E-state index is 12.6. The molecule has 18 heavy (non-hydrogen) atoms. The van der Waals surface area contributed by atoms with Gasteiger partial charge < -0.3 is 5.11 Å². The van der Waals surface area contributed by atoms with Crippen molar-refractivity contribution >= 4 is 28.6 Å². The Hall–Kier alpha value is -1.89. The molecule has 2 aromatic rings. The average molecular weight is 277 g/mol. The van der Waals surface area contributed by atoms with Gasteiger partial charge in [-0.3, -0.25) is 0 Å². The fraction of sp³-hybridized carbons (Fsp3) is 0.100. The molecule has 0 atom stereocenters. The molecule has 0 aliphatic carbocycles. The number of hydrogen-bond acceptors (Lipinski definition) is 3. The summed E-state index contributed by atoms with van der Waals surface area (Å²) in [7, 11) is 0. The highest BCUT2D eigenvalue weighted by Gasteiger charge is 2.37. The number of carbonyl (C=O) groups is 1. The summed E-state index contributed by atoms with van der Waals surface area (Å²) in [6.45, 7) is 0. The third-order valence-corrected chi connectivity index (χ3v) is 2.34. The minimum atomic E-state index is -4.86. The van der Waals surface area contributed by atoms with Gasteiger partial charge in [0.1, 0.15) is 0 Å². The molecule has 0 spiro atoms. The highest BCUT2D eigenvalue weighted by molar-refractivity contribution is 6.31. The Morgan fingerprint density at radius 2 is 2.00 bits per heavy atom. The van der Waals surface area contributed by atoms with Gasteiger partial charge in [0.2, 0.25) is 0 Å². The van der Waals surface area contributed by atoms with Crippen molar-refractivity contribution in [2.24, 2.45) is 0 Å². The lowest BCUT2D eigenvalue weighted by Crippen LogP contribution is -2.15. The first-order chi connectivity index (χ1) is 8.29. The molecule has 8 heteroatoms. The number of fused-ring (bicyclic) bond motifs is 1. The molecule has 0 aliphatic rings. The van der Waals surface area contributed by atoms with Crippen LogP contribution in [0.4, 0.5) is 13.2 Å². The maximum Gasteiger partial charge on any atom is 0.434 e. The zero-order valence-corrected chi connectivity index (χ0v) is 9.25. The largest absolute Gasteiger partial charge is 0.478 e. The number of rotatable bonds is 1. The topological polar surface area (TPSA) is 63.1 Å². The standard InChI is InChI=1S/C10H4ClF3N2O2/c11-5-1-4-2-6(9(17)18)7(10(12,13)14)16-8(4)15-3-5/h1-3H,(H,17,18). The van der Waals surface area contributed by atoms with Crippen molar-refractivity contribution in [3.8, 4) is 0 Å². The van der Waals surface area contributed by atoms with Crippen LogP contribution in [-0.4, -0.2) is 21.0 Å². The number of pyridine rings is 2. The zero-order valence-electron chi connectivity index (χ0n) is 8.49. The molecule has 0 bridgehead atoms. The van der Waals surface area contributed by atoms with E-state index in [0.717, 1.165) is 12.3 Å². The van der Waals surface area contributed by atoms with E-state index in [2.05, 4.69) is 9.97 Å². The predicted octanol–water partition coefficient (Wildman–Crippen LogP) is 3.00. The lowest BCUT2D eigenvalue weighted by molar-refractivity contribution is -0.141. The normalized spacial score (nSPS) is 11.8. The van der Waals surface area contributed by atoms with Crippen LogP contribution in [0, 0.1) is 0 Å². The molecule has 2 rings (SSSR count). The Bertz CT molecular complexity index is 643. The third-order valence-electron chi connectivity index (χ3n) is 2.13. The van der Waals surface area contributed by atoms with E-state index in [1.54, 1.807) is 0 Å². The Morgan fingerprint density at radius 1 is 1.33 bits per heavy atom. The van der Waals surface area contributed by atoms with Crippen LogP contribution in [0.5, 0.6) is 0 Å². The number of halogens is 4. The van der Waals surface area contributed by atoms with Gasteiger partial charge in [-0.15, -0.1) is 0 Å². The van der Waals surface area contributed by atoms with E-state index in [1.807, 2.05) is 0 Å². The predicted molar refractivity (Wildman–Crippen MR) is 56.5 cm³/mol. The molecule has 0 aromatic carbocycles. The van der Waals surface area contributed by atoms with Gasteiger partial charge in [0, 0.05) is 11.6 Å². The van der Waals surface area contributed by atoms with Crippen LogP contribution in [0.1, 0.15) is 16.1 Å². The van der Waals surface area contributed by atoms with Gasteiger partial charge in [0.05, 0.1) is 10.6 Å². The van der Waals surface area contributed by atoms with Crippen LogP contribution in [0.3, 0.4) is 0 Å². The number of carboxylic acid groups (broad SMARTS) is 1. The first-order valence-electron chi connectivity index (χ1n) is 4.56. The summed E-state index contributed by atoms with van der Waals surface area (Å²) >= 11 is 5.62. The summed E-state index contributed by atoms with van der Waals surface area (Å²) in [6, 6.07) is 2.15. The molecule has 2 aromatic heterocycles. The van der Waals surface area contributed by atoms with Crippen LogP contribution in [0.15, 0.2) is 18.3 Å². The van der Waals surface area contributed by atoms with Crippen LogP contribution < -0.4 is 0 Å². The molecule has 0 amide bonds. The molecular formula is C10H4ClF3N2O2. The lowest BCUT2D eigenvalue weighted by atomic mass is 10.1. The average Bonchev–Trinajstić information content (AvgIpc) is 2.25. The van der Waals surface area contributed by atoms with Gasteiger partial charge in [-0.2, -0.15) is 13.2 Å². The van der Waals surface area contributed by atoms with Crippen molar-refractivity contribution in [2.45, 2.75) is 6.18 Å². The van der Waals surface area contributed by atoms with Gasteiger partial charge in [-0.25, -0.2) is 14.8 Å². The molecule has 0 aliphatic heterocycles. The molecule has 94 valence electrons. The number of aromatic carboxylic acids is 1. The Kier molecular flexibility index (Phi) is 2.86. The Morgan fingerprint density at radius 3 is 2.56 bits per heavy atom. The zero-order chi connectivity index (χ0) is 13.5. The number of hydrogen-bond donors (Lipinski definition) is 1. The van der Waals surface area contributed by atoms with E-state index in [1.165, 1.54) is 6.07 Å².